The largest absolute Gasteiger partial charge is 0.396 e. The molecule has 2 heterocycles. The Balaban J connectivity index is 1.90. The maximum absolute atomic E-state index is 14.4. The first-order chi connectivity index (χ1) is 11.6. The van der Waals surface area contributed by atoms with Crippen molar-refractivity contribution in [3.8, 4) is 0 Å². The van der Waals surface area contributed by atoms with E-state index < -0.39 is 17.0 Å². The van der Waals surface area contributed by atoms with E-state index in [9.17, 15) is 18.7 Å². The number of carbonyl (C=O) groups excluding carboxylic acids is 1. The standard InChI is InChI=1S/C18H23F2NO3/c19-14-1-2-15(16(20)11-14)18(5-9-24-10-6-18)17(23)21-7-3-13(12-22)4-8-21/h1-2,11,13,22H,3-10,12H2. The number of likely N-dealkylation sites (tertiary alicyclic amines) is 1. The summed E-state index contributed by atoms with van der Waals surface area (Å²) in [6.07, 6.45) is 2.30. The van der Waals surface area contributed by atoms with Crippen LogP contribution >= 0.6 is 0 Å². The highest BCUT2D eigenvalue weighted by atomic mass is 19.1. The molecular weight excluding hydrogens is 316 g/mol. The smallest absolute Gasteiger partial charge is 0.233 e. The number of piperidine rings is 1. The maximum Gasteiger partial charge on any atom is 0.233 e. The van der Waals surface area contributed by atoms with Crippen LogP contribution in [-0.4, -0.2) is 48.8 Å². The van der Waals surface area contributed by atoms with Gasteiger partial charge in [0.1, 0.15) is 11.6 Å². The number of carbonyl (C=O) groups is 1. The molecule has 0 radical (unpaired) electrons. The SMILES string of the molecule is O=C(N1CCC(CO)CC1)C1(c2ccc(F)cc2F)CCOCC1. The minimum Gasteiger partial charge on any atom is -0.396 e. The minimum atomic E-state index is -0.984. The molecule has 2 saturated heterocycles. The summed E-state index contributed by atoms with van der Waals surface area (Å²) in [6.45, 7) is 2.03. The van der Waals surface area contributed by atoms with Crippen molar-refractivity contribution in [2.24, 2.45) is 5.92 Å². The first-order valence-corrected chi connectivity index (χ1v) is 8.50. The van der Waals surface area contributed by atoms with Crippen LogP contribution in [0.5, 0.6) is 0 Å². The molecule has 132 valence electrons. The molecule has 2 aliphatic heterocycles. The summed E-state index contributed by atoms with van der Waals surface area (Å²) in [4.78, 5) is 15.0. The van der Waals surface area contributed by atoms with Crippen molar-refractivity contribution in [3.63, 3.8) is 0 Å². The zero-order valence-electron chi connectivity index (χ0n) is 13.6. The van der Waals surface area contributed by atoms with Crippen LogP contribution in [0.3, 0.4) is 0 Å². The van der Waals surface area contributed by atoms with Crippen LogP contribution in [0.2, 0.25) is 0 Å². The summed E-state index contributed by atoms with van der Waals surface area (Å²) in [5.41, 5.74) is -0.719. The topological polar surface area (TPSA) is 49.8 Å². The fraction of sp³-hybridized carbons (Fsp3) is 0.611. The highest BCUT2D eigenvalue weighted by molar-refractivity contribution is 5.88. The first-order valence-electron chi connectivity index (χ1n) is 8.50. The quantitative estimate of drug-likeness (QED) is 0.919. The normalized spacial score (nSPS) is 21.7. The number of amides is 1. The molecule has 6 heteroatoms. The van der Waals surface area contributed by atoms with Gasteiger partial charge < -0.3 is 14.7 Å². The van der Waals surface area contributed by atoms with E-state index in [-0.39, 0.29) is 24.0 Å². The fourth-order valence-corrected chi connectivity index (χ4v) is 3.82. The van der Waals surface area contributed by atoms with Crippen molar-refractivity contribution < 1.29 is 23.4 Å². The van der Waals surface area contributed by atoms with Crippen LogP contribution in [0, 0.1) is 17.6 Å². The van der Waals surface area contributed by atoms with Crippen molar-refractivity contribution in [1.82, 2.24) is 4.90 Å². The van der Waals surface area contributed by atoms with E-state index in [1.54, 1.807) is 4.90 Å². The molecule has 24 heavy (non-hydrogen) atoms. The van der Waals surface area contributed by atoms with Crippen LogP contribution < -0.4 is 0 Å². The summed E-state index contributed by atoms with van der Waals surface area (Å²) in [7, 11) is 0. The van der Waals surface area contributed by atoms with Gasteiger partial charge in [-0.3, -0.25) is 4.79 Å². The predicted octanol–water partition coefficient (Wildman–Crippen LogP) is 2.24. The second kappa shape index (κ2) is 7.15. The fourth-order valence-electron chi connectivity index (χ4n) is 3.82. The Kier molecular flexibility index (Phi) is 5.15. The molecule has 1 amide bonds. The van der Waals surface area contributed by atoms with Gasteiger partial charge in [-0.1, -0.05) is 6.07 Å². The lowest BCUT2D eigenvalue weighted by Gasteiger charge is -2.42. The maximum atomic E-state index is 14.4. The monoisotopic (exact) mass is 339 g/mol. The zero-order chi connectivity index (χ0) is 17.2. The van der Waals surface area contributed by atoms with Crippen LogP contribution in [0.15, 0.2) is 18.2 Å². The number of rotatable bonds is 3. The average Bonchev–Trinajstić information content (AvgIpc) is 2.61. The molecule has 0 spiro atoms. The summed E-state index contributed by atoms with van der Waals surface area (Å²) in [5, 5.41) is 9.25. The third-order valence-electron chi connectivity index (χ3n) is 5.36. The Morgan fingerprint density at radius 3 is 2.50 bits per heavy atom. The van der Waals surface area contributed by atoms with Gasteiger partial charge in [-0.2, -0.15) is 0 Å². The van der Waals surface area contributed by atoms with Crippen LogP contribution in [-0.2, 0) is 14.9 Å². The van der Waals surface area contributed by atoms with E-state index in [0.717, 1.165) is 18.9 Å². The molecule has 1 aromatic rings. The highest BCUT2D eigenvalue weighted by Crippen LogP contribution is 2.39. The molecule has 0 aliphatic carbocycles. The molecule has 0 unspecified atom stereocenters. The number of aliphatic hydroxyl groups is 1. The van der Waals surface area contributed by atoms with Crippen molar-refractivity contribution in [2.75, 3.05) is 32.9 Å². The van der Waals surface area contributed by atoms with Gasteiger partial charge in [0, 0.05) is 44.5 Å². The third-order valence-corrected chi connectivity index (χ3v) is 5.36. The molecule has 0 aromatic heterocycles. The van der Waals surface area contributed by atoms with Crippen LogP contribution in [0.1, 0.15) is 31.2 Å². The Bertz CT molecular complexity index is 594. The number of aliphatic hydroxyl groups excluding tert-OH is 1. The van der Waals surface area contributed by atoms with Gasteiger partial charge in [-0.05, 0) is 37.7 Å². The minimum absolute atomic E-state index is 0.104. The van der Waals surface area contributed by atoms with Crippen molar-refractivity contribution in [3.05, 3.63) is 35.4 Å². The molecular formula is C18H23F2NO3. The zero-order valence-corrected chi connectivity index (χ0v) is 13.6. The molecule has 1 aromatic carbocycles. The Morgan fingerprint density at radius 1 is 1.25 bits per heavy atom. The molecule has 0 saturated carbocycles. The van der Waals surface area contributed by atoms with Crippen LogP contribution in [0.4, 0.5) is 8.78 Å². The van der Waals surface area contributed by atoms with Gasteiger partial charge >= 0.3 is 0 Å². The van der Waals surface area contributed by atoms with Gasteiger partial charge in [0.25, 0.3) is 0 Å². The van der Waals surface area contributed by atoms with Gasteiger partial charge in [0.05, 0.1) is 5.41 Å². The molecule has 1 N–H and O–H groups in total. The van der Waals surface area contributed by atoms with E-state index in [2.05, 4.69) is 0 Å². The van der Waals surface area contributed by atoms with E-state index in [4.69, 9.17) is 4.74 Å². The van der Waals surface area contributed by atoms with Crippen molar-refractivity contribution in [1.29, 1.82) is 0 Å². The number of hydrogen-bond acceptors (Lipinski definition) is 3. The summed E-state index contributed by atoms with van der Waals surface area (Å²) < 4.78 is 33.1. The molecule has 0 atom stereocenters. The second-order valence-electron chi connectivity index (χ2n) is 6.74. The molecule has 3 rings (SSSR count). The lowest BCUT2D eigenvalue weighted by molar-refractivity contribution is -0.143. The Hall–Kier alpha value is -1.53. The number of hydrogen-bond donors (Lipinski definition) is 1. The van der Waals surface area contributed by atoms with E-state index >= 15 is 0 Å². The van der Waals surface area contributed by atoms with E-state index in [1.807, 2.05) is 0 Å². The lowest BCUT2D eigenvalue weighted by atomic mass is 9.72. The number of benzene rings is 1. The number of ether oxygens (including phenoxy) is 1. The third kappa shape index (κ3) is 3.17. The first kappa shape index (κ1) is 17.3. The number of halogens is 2. The summed E-state index contributed by atoms with van der Waals surface area (Å²) >= 11 is 0. The van der Waals surface area contributed by atoms with Gasteiger partial charge in [0.2, 0.25) is 5.91 Å². The van der Waals surface area contributed by atoms with E-state index in [1.165, 1.54) is 12.1 Å². The van der Waals surface area contributed by atoms with Crippen LogP contribution in [0.25, 0.3) is 0 Å². The van der Waals surface area contributed by atoms with Gasteiger partial charge in [-0.15, -0.1) is 0 Å². The predicted molar refractivity (Wildman–Crippen MR) is 84.5 cm³/mol. The lowest BCUT2D eigenvalue weighted by Crippen LogP contribution is -2.52. The molecule has 0 bridgehead atoms. The second-order valence-corrected chi connectivity index (χ2v) is 6.74. The highest BCUT2D eigenvalue weighted by Gasteiger charge is 2.46. The van der Waals surface area contributed by atoms with Crippen molar-refractivity contribution in [2.45, 2.75) is 31.1 Å². The summed E-state index contributed by atoms with van der Waals surface area (Å²) in [6, 6.07) is 3.45. The average molecular weight is 339 g/mol. The molecule has 4 nitrogen and oxygen atoms in total. The molecule has 2 aliphatic rings. The Labute approximate surface area is 140 Å². The van der Waals surface area contributed by atoms with Crippen molar-refractivity contribution >= 4 is 5.91 Å². The summed E-state index contributed by atoms with van der Waals surface area (Å²) in [5.74, 6) is -1.19. The van der Waals surface area contributed by atoms with E-state index in [0.29, 0.717) is 39.1 Å². The Morgan fingerprint density at radius 2 is 1.92 bits per heavy atom. The number of nitrogens with zero attached hydrogens (tertiary/aromatic N) is 1. The van der Waals surface area contributed by atoms with Gasteiger partial charge in [0.15, 0.2) is 0 Å². The molecule has 2 fully saturated rings. The van der Waals surface area contributed by atoms with Gasteiger partial charge in [-0.25, -0.2) is 8.78 Å².